The summed E-state index contributed by atoms with van der Waals surface area (Å²) in [6.45, 7) is 3.77. The molecule has 0 aliphatic carbocycles. The van der Waals surface area contributed by atoms with Crippen LogP contribution >= 0.6 is 12.2 Å². The lowest BCUT2D eigenvalue weighted by atomic mass is 10.1. The SMILES string of the molecule is O=c1[nH]c(=S)n(CCc2ccccc2)c2c1CN(C[C@@H]1CCCO1)CN2. The first-order valence-corrected chi connectivity index (χ1v) is 9.59. The summed E-state index contributed by atoms with van der Waals surface area (Å²) in [5.74, 6) is 0.860. The summed E-state index contributed by atoms with van der Waals surface area (Å²) >= 11 is 5.42. The van der Waals surface area contributed by atoms with E-state index in [1.54, 1.807) is 0 Å². The van der Waals surface area contributed by atoms with Crippen molar-refractivity contribution in [3.8, 4) is 0 Å². The summed E-state index contributed by atoms with van der Waals surface area (Å²) < 4.78 is 8.22. The van der Waals surface area contributed by atoms with Crippen LogP contribution in [-0.2, 0) is 24.2 Å². The number of fused-ring (bicyclic) bond motifs is 1. The van der Waals surface area contributed by atoms with Crippen molar-refractivity contribution in [2.24, 2.45) is 0 Å². The van der Waals surface area contributed by atoms with E-state index >= 15 is 0 Å². The normalized spacial score (nSPS) is 19.9. The van der Waals surface area contributed by atoms with Gasteiger partial charge in [0.15, 0.2) is 4.77 Å². The first-order chi connectivity index (χ1) is 12.7. The summed E-state index contributed by atoms with van der Waals surface area (Å²) in [5.41, 5.74) is 1.92. The van der Waals surface area contributed by atoms with E-state index in [1.165, 1.54) is 5.56 Å². The van der Waals surface area contributed by atoms with Crippen molar-refractivity contribution in [3.05, 3.63) is 56.6 Å². The largest absolute Gasteiger partial charge is 0.377 e. The third-order valence-electron chi connectivity index (χ3n) is 5.10. The standard InChI is InChI=1S/C19H24N4O2S/c24-18-16-12-22(11-15-7-4-10-25-15)13-20-17(16)23(19(26)21-18)9-8-14-5-2-1-3-6-14/h1-3,5-6,15,20H,4,7-13H2,(H,21,24,26)/t15-/m0/s1. The van der Waals surface area contributed by atoms with Crippen molar-refractivity contribution >= 4 is 18.0 Å². The molecule has 2 aliphatic heterocycles. The molecule has 1 aromatic heterocycles. The summed E-state index contributed by atoms with van der Waals surface area (Å²) in [6.07, 6.45) is 3.37. The van der Waals surface area contributed by atoms with Gasteiger partial charge in [0, 0.05) is 26.2 Å². The van der Waals surface area contributed by atoms with Gasteiger partial charge >= 0.3 is 0 Å². The van der Waals surface area contributed by atoms with Crippen molar-refractivity contribution in [2.75, 3.05) is 25.1 Å². The molecule has 0 amide bonds. The molecule has 0 radical (unpaired) electrons. The molecule has 6 nitrogen and oxygen atoms in total. The minimum atomic E-state index is -0.0921. The average Bonchev–Trinajstić information content (AvgIpc) is 3.16. The highest BCUT2D eigenvalue weighted by Crippen LogP contribution is 2.22. The van der Waals surface area contributed by atoms with Crippen molar-refractivity contribution in [3.63, 3.8) is 0 Å². The van der Waals surface area contributed by atoms with Crippen LogP contribution in [0, 0.1) is 4.77 Å². The lowest BCUT2D eigenvalue weighted by molar-refractivity contribution is 0.0716. The van der Waals surface area contributed by atoms with E-state index < -0.39 is 0 Å². The lowest BCUT2D eigenvalue weighted by Gasteiger charge is -2.32. The average molecular weight is 372 g/mol. The van der Waals surface area contributed by atoms with Crippen LogP contribution in [0.2, 0.25) is 0 Å². The van der Waals surface area contributed by atoms with Gasteiger partial charge < -0.3 is 14.6 Å². The number of benzene rings is 1. The number of anilines is 1. The van der Waals surface area contributed by atoms with Gasteiger partial charge in [0.2, 0.25) is 0 Å². The number of ether oxygens (including phenoxy) is 1. The van der Waals surface area contributed by atoms with E-state index in [1.807, 2.05) is 22.8 Å². The molecule has 1 aromatic carbocycles. The predicted octanol–water partition coefficient (Wildman–Crippen LogP) is 2.51. The molecule has 0 spiro atoms. The smallest absolute Gasteiger partial charge is 0.258 e. The van der Waals surface area contributed by atoms with Crippen LogP contribution in [0.15, 0.2) is 35.1 Å². The molecule has 2 aliphatic rings. The highest BCUT2D eigenvalue weighted by Gasteiger charge is 2.25. The molecular weight excluding hydrogens is 348 g/mol. The Morgan fingerprint density at radius 1 is 1.27 bits per heavy atom. The Balaban J connectivity index is 1.53. The number of rotatable bonds is 5. The Bertz CT molecular complexity index is 871. The molecule has 1 saturated heterocycles. The van der Waals surface area contributed by atoms with Crippen LogP contribution in [0.1, 0.15) is 24.0 Å². The van der Waals surface area contributed by atoms with E-state index in [0.29, 0.717) is 18.0 Å². The number of aromatic nitrogens is 2. The number of aryl methyl sites for hydroxylation is 1. The van der Waals surface area contributed by atoms with Gasteiger partial charge in [-0.15, -0.1) is 0 Å². The van der Waals surface area contributed by atoms with E-state index in [-0.39, 0.29) is 11.7 Å². The monoisotopic (exact) mass is 372 g/mol. The van der Waals surface area contributed by atoms with Crippen LogP contribution in [0.5, 0.6) is 0 Å². The highest BCUT2D eigenvalue weighted by molar-refractivity contribution is 7.71. The first-order valence-electron chi connectivity index (χ1n) is 9.18. The van der Waals surface area contributed by atoms with Gasteiger partial charge in [-0.05, 0) is 37.0 Å². The molecule has 26 heavy (non-hydrogen) atoms. The summed E-state index contributed by atoms with van der Waals surface area (Å²) in [5, 5.41) is 3.42. The molecular formula is C19H24N4O2S. The number of nitrogens with one attached hydrogen (secondary N) is 2. The fourth-order valence-electron chi connectivity index (χ4n) is 3.73. The van der Waals surface area contributed by atoms with Crippen LogP contribution < -0.4 is 10.9 Å². The maximum atomic E-state index is 12.5. The third-order valence-corrected chi connectivity index (χ3v) is 5.42. The number of H-pyrrole nitrogens is 1. The molecule has 138 valence electrons. The van der Waals surface area contributed by atoms with Crippen molar-refractivity contribution in [1.82, 2.24) is 14.5 Å². The zero-order valence-electron chi connectivity index (χ0n) is 14.7. The van der Waals surface area contributed by atoms with Gasteiger partial charge in [0.1, 0.15) is 5.82 Å². The van der Waals surface area contributed by atoms with E-state index in [0.717, 1.165) is 50.3 Å². The van der Waals surface area contributed by atoms with Gasteiger partial charge in [-0.1, -0.05) is 30.3 Å². The fraction of sp³-hybridized carbons (Fsp3) is 0.474. The quantitative estimate of drug-likeness (QED) is 0.790. The Kier molecular flexibility index (Phi) is 5.19. The lowest BCUT2D eigenvalue weighted by Crippen LogP contribution is -2.42. The van der Waals surface area contributed by atoms with E-state index in [2.05, 4.69) is 27.3 Å². The molecule has 7 heteroatoms. The van der Waals surface area contributed by atoms with Gasteiger partial charge in [0.05, 0.1) is 18.3 Å². The number of hydrogen-bond donors (Lipinski definition) is 2. The second-order valence-corrected chi connectivity index (χ2v) is 7.34. The predicted molar refractivity (Wildman–Crippen MR) is 104 cm³/mol. The first kappa shape index (κ1) is 17.5. The number of aromatic amines is 1. The zero-order chi connectivity index (χ0) is 17.9. The second kappa shape index (κ2) is 7.73. The van der Waals surface area contributed by atoms with Gasteiger partial charge in [-0.2, -0.15) is 0 Å². The Morgan fingerprint density at radius 3 is 2.88 bits per heavy atom. The highest BCUT2D eigenvalue weighted by atomic mass is 32.1. The zero-order valence-corrected chi connectivity index (χ0v) is 15.6. The fourth-order valence-corrected chi connectivity index (χ4v) is 4.01. The molecule has 2 N–H and O–H groups in total. The molecule has 0 unspecified atom stereocenters. The molecule has 1 atom stereocenters. The number of hydrogen-bond acceptors (Lipinski definition) is 5. The van der Waals surface area contributed by atoms with Crippen LogP contribution in [0.3, 0.4) is 0 Å². The van der Waals surface area contributed by atoms with Gasteiger partial charge in [-0.25, -0.2) is 0 Å². The molecule has 1 fully saturated rings. The maximum Gasteiger partial charge on any atom is 0.258 e. The van der Waals surface area contributed by atoms with Crippen LogP contribution in [0.4, 0.5) is 5.82 Å². The van der Waals surface area contributed by atoms with E-state index in [4.69, 9.17) is 17.0 Å². The molecule has 2 aromatic rings. The summed E-state index contributed by atoms with van der Waals surface area (Å²) in [4.78, 5) is 17.5. The minimum absolute atomic E-state index is 0.0921. The van der Waals surface area contributed by atoms with Crippen LogP contribution in [-0.4, -0.2) is 40.4 Å². The summed E-state index contributed by atoms with van der Waals surface area (Å²) in [6, 6.07) is 10.3. The van der Waals surface area contributed by atoms with Crippen LogP contribution in [0.25, 0.3) is 0 Å². The maximum absolute atomic E-state index is 12.5. The topological polar surface area (TPSA) is 62.3 Å². The third kappa shape index (κ3) is 3.75. The Hall–Kier alpha value is -1.96. The Morgan fingerprint density at radius 2 is 2.12 bits per heavy atom. The molecule has 3 heterocycles. The Labute approximate surface area is 157 Å². The van der Waals surface area contributed by atoms with E-state index in [9.17, 15) is 4.79 Å². The summed E-state index contributed by atoms with van der Waals surface area (Å²) in [7, 11) is 0. The van der Waals surface area contributed by atoms with Crippen molar-refractivity contribution < 1.29 is 4.74 Å². The van der Waals surface area contributed by atoms with Crippen molar-refractivity contribution in [2.45, 2.75) is 38.5 Å². The second-order valence-electron chi connectivity index (χ2n) is 6.96. The molecule has 0 saturated carbocycles. The van der Waals surface area contributed by atoms with Gasteiger partial charge in [-0.3, -0.25) is 14.7 Å². The van der Waals surface area contributed by atoms with Gasteiger partial charge in [0.25, 0.3) is 5.56 Å². The molecule has 4 rings (SSSR count). The number of nitrogens with zero attached hydrogens (tertiary/aromatic N) is 2. The van der Waals surface area contributed by atoms with Crippen molar-refractivity contribution in [1.29, 1.82) is 0 Å². The minimum Gasteiger partial charge on any atom is -0.377 e. The molecule has 0 bridgehead atoms.